The molecule has 0 unspecified atom stereocenters. The lowest BCUT2D eigenvalue weighted by molar-refractivity contribution is -0.129. The highest BCUT2D eigenvalue weighted by atomic mass is 79.9. The van der Waals surface area contributed by atoms with Gasteiger partial charge in [0.1, 0.15) is 13.7 Å². The van der Waals surface area contributed by atoms with Crippen LogP contribution in [0.2, 0.25) is 0 Å². The van der Waals surface area contributed by atoms with E-state index in [1.165, 1.54) is 12.7 Å². The van der Waals surface area contributed by atoms with Crippen LogP contribution in [0.4, 0.5) is 0 Å². The Labute approximate surface area is 165 Å². The Kier molecular flexibility index (Phi) is 5.91. The molecule has 0 saturated carbocycles. The molecule has 0 heterocycles. The lowest BCUT2D eigenvalue weighted by Crippen LogP contribution is -2.18. The molecule has 27 heavy (non-hydrogen) atoms. The zero-order valence-electron chi connectivity index (χ0n) is 15.0. The molecule has 2 aromatic carbocycles. The number of aryl methyl sites for hydroxylation is 1. The number of oxime groups is 2. The van der Waals surface area contributed by atoms with E-state index in [4.69, 9.17) is 4.84 Å². The third-order valence-corrected chi connectivity index (χ3v) is 5.22. The molecule has 6 nitrogen and oxygen atoms in total. The fraction of sp³-hybridized carbons (Fsp3) is 0.250. The smallest absolute Gasteiger partial charge is 0.358 e. The van der Waals surface area contributed by atoms with Crippen LogP contribution in [0, 0.1) is 6.92 Å². The van der Waals surface area contributed by atoms with Crippen LogP contribution in [0.25, 0.3) is 0 Å². The molecule has 0 atom stereocenters. The van der Waals surface area contributed by atoms with Crippen molar-refractivity contribution >= 4 is 33.3 Å². The van der Waals surface area contributed by atoms with E-state index in [2.05, 4.69) is 31.1 Å². The first-order valence-electron chi connectivity index (χ1n) is 8.42. The van der Waals surface area contributed by atoms with E-state index < -0.39 is 5.97 Å². The van der Waals surface area contributed by atoms with Gasteiger partial charge in [0.2, 0.25) is 0 Å². The Balaban J connectivity index is 1.85. The fourth-order valence-corrected chi connectivity index (χ4v) is 3.71. The molecule has 3 rings (SSSR count). The van der Waals surface area contributed by atoms with Crippen LogP contribution in [0.1, 0.15) is 34.2 Å². The average molecular weight is 431 g/mol. The van der Waals surface area contributed by atoms with E-state index in [1.54, 1.807) is 12.1 Å². The molecular weight excluding hydrogens is 412 g/mol. The van der Waals surface area contributed by atoms with Gasteiger partial charge in [-0.15, -0.1) is 0 Å². The topological polar surface area (TPSA) is 80.5 Å². The molecule has 0 bridgehead atoms. The zero-order chi connectivity index (χ0) is 19.4. The van der Waals surface area contributed by atoms with Crippen LogP contribution in [0.15, 0.2) is 51.2 Å². The number of carbonyl (C=O) groups is 1. The molecule has 7 heteroatoms. The standard InChI is InChI=1S/C20H19BrN2O4/c1-12-5-3-7-15(19(20(24)25)23-26-2)16(12)11-27-22-18-10-9-13-14(18)6-4-8-17(13)21/h3-8H,9-11H2,1-2H3,(H,24,25)/b22-18+,23-19+. The van der Waals surface area contributed by atoms with Gasteiger partial charge in [-0.1, -0.05) is 56.6 Å². The second kappa shape index (κ2) is 8.35. The minimum atomic E-state index is -1.16. The largest absolute Gasteiger partial charge is 0.476 e. The summed E-state index contributed by atoms with van der Waals surface area (Å²) in [6.45, 7) is 2.04. The van der Waals surface area contributed by atoms with Crippen molar-refractivity contribution in [3.8, 4) is 0 Å². The Morgan fingerprint density at radius 3 is 2.74 bits per heavy atom. The maximum absolute atomic E-state index is 11.5. The summed E-state index contributed by atoms with van der Waals surface area (Å²) in [5.41, 5.74) is 5.12. The van der Waals surface area contributed by atoms with Crippen LogP contribution < -0.4 is 0 Å². The van der Waals surface area contributed by atoms with Gasteiger partial charge in [-0.05, 0) is 37.0 Å². The van der Waals surface area contributed by atoms with Gasteiger partial charge in [-0.3, -0.25) is 0 Å². The number of hydrogen-bond acceptors (Lipinski definition) is 5. The van der Waals surface area contributed by atoms with Crippen LogP contribution in [0.3, 0.4) is 0 Å². The SMILES string of the molecule is CO/N=C(/C(=O)O)c1cccc(C)c1CO/N=C1\CCc2c(Br)cccc21. The molecule has 2 aromatic rings. The fourth-order valence-electron chi connectivity index (χ4n) is 3.14. The van der Waals surface area contributed by atoms with E-state index in [1.807, 2.05) is 31.2 Å². The number of nitrogens with zero attached hydrogens (tertiary/aromatic N) is 2. The van der Waals surface area contributed by atoms with Crippen molar-refractivity contribution in [3.05, 3.63) is 68.7 Å². The summed E-state index contributed by atoms with van der Waals surface area (Å²) in [6.07, 6.45) is 1.72. The first kappa shape index (κ1) is 19.1. The van der Waals surface area contributed by atoms with Gasteiger partial charge in [-0.25, -0.2) is 4.79 Å². The highest BCUT2D eigenvalue weighted by molar-refractivity contribution is 9.10. The van der Waals surface area contributed by atoms with Crippen LogP contribution in [-0.2, 0) is 27.5 Å². The number of rotatable bonds is 6. The molecule has 0 amide bonds. The van der Waals surface area contributed by atoms with E-state index in [-0.39, 0.29) is 12.3 Å². The summed E-state index contributed by atoms with van der Waals surface area (Å²) >= 11 is 3.57. The molecule has 1 aliphatic carbocycles. The van der Waals surface area contributed by atoms with Gasteiger partial charge in [0.15, 0.2) is 5.71 Å². The number of halogens is 1. The normalized spacial score (nSPS) is 14.9. The van der Waals surface area contributed by atoms with Gasteiger partial charge in [0, 0.05) is 21.2 Å². The summed E-state index contributed by atoms with van der Waals surface area (Å²) < 4.78 is 1.08. The highest BCUT2D eigenvalue weighted by Crippen LogP contribution is 2.29. The molecular formula is C20H19BrN2O4. The second-order valence-corrected chi connectivity index (χ2v) is 6.96. The molecule has 0 aliphatic heterocycles. The molecule has 0 saturated heterocycles. The summed E-state index contributed by atoms with van der Waals surface area (Å²) in [6, 6.07) is 11.4. The van der Waals surface area contributed by atoms with Crippen molar-refractivity contribution in [3.63, 3.8) is 0 Å². The summed E-state index contributed by atoms with van der Waals surface area (Å²) in [5, 5.41) is 17.4. The first-order valence-corrected chi connectivity index (χ1v) is 9.22. The molecule has 0 radical (unpaired) electrons. The van der Waals surface area contributed by atoms with Crippen LogP contribution >= 0.6 is 15.9 Å². The van der Waals surface area contributed by atoms with Crippen molar-refractivity contribution in [2.45, 2.75) is 26.4 Å². The van der Waals surface area contributed by atoms with Gasteiger partial charge in [-0.2, -0.15) is 0 Å². The Bertz CT molecular complexity index is 938. The van der Waals surface area contributed by atoms with Crippen LogP contribution in [-0.4, -0.2) is 29.6 Å². The van der Waals surface area contributed by atoms with Gasteiger partial charge < -0.3 is 14.8 Å². The number of carboxylic acid groups (broad SMARTS) is 1. The summed E-state index contributed by atoms with van der Waals surface area (Å²) in [5.74, 6) is -1.16. The monoisotopic (exact) mass is 430 g/mol. The minimum absolute atomic E-state index is 0.144. The van der Waals surface area contributed by atoms with Gasteiger partial charge in [0.05, 0.1) is 5.71 Å². The van der Waals surface area contributed by atoms with E-state index in [0.29, 0.717) is 11.1 Å². The van der Waals surface area contributed by atoms with Gasteiger partial charge >= 0.3 is 5.97 Å². The van der Waals surface area contributed by atoms with Crippen LogP contribution in [0.5, 0.6) is 0 Å². The number of hydrogen-bond donors (Lipinski definition) is 1. The Hall–Kier alpha value is -2.67. The van der Waals surface area contributed by atoms with Crippen molar-refractivity contribution in [2.24, 2.45) is 10.3 Å². The van der Waals surface area contributed by atoms with Crippen molar-refractivity contribution in [2.75, 3.05) is 7.11 Å². The predicted octanol–water partition coefficient (Wildman–Crippen LogP) is 4.06. The van der Waals surface area contributed by atoms with Crippen molar-refractivity contribution in [1.29, 1.82) is 0 Å². The van der Waals surface area contributed by atoms with E-state index in [9.17, 15) is 9.90 Å². The summed E-state index contributed by atoms with van der Waals surface area (Å²) in [7, 11) is 1.32. The predicted molar refractivity (Wildman–Crippen MR) is 106 cm³/mol. The third-order valence-electron chi connectivity index (χ3n) is 4.48. The second-order valence-electron chi connectivity index (χ2n) is 6.11. The molecule has 1 N–H and O–H groups in total. The molecule has 0 aromatic heterocycles. The van der Waals surface area contributed by atoms with Crippen molar-refractivity contribution < 1.29 is 19.6 Å². The molecule has 0 fully saturated rings. The third kappa shape index (κ3) is 4.03. The summed E-state index contributed by atoms with van der Waals surface area (Å²) in [4.78, 5) is 21.8. The Morgan fingerprint density at radius 1 is 1.22 bits per heavy atom. The number of aliphatic carboxylic acids is 1. The molecule has 140 valence electrons. The zero-order valence-corrected chi connectivity index (χ0v) is 16.6. The molecule has 1 aliphatic rings. The van der Waals surface area contributed by atoms with E-state index >= 15 is 0 Å². The Morgan fingerprint density at radius 2 is 2.00 bits per heavy atom. The van der Waals surface area contributed by atoms with Gasteiger partial charge in [0.25, 0.3) is 0 Å². The molecule has 0 spiro atoms. The van der Waals surface area contributed by atoms with E-state index in [0.717, 1.165) is 34.2 Å². The maximum Gasteiger partial charge on any atom is 0.358 e. The highest BCUT2D eigenvalue weighted by Gasteiger charge is 2.21. The lowest BCUT2D eigenvalue weighted by atomic mass is 9.99. The number of carboxylic acids is 1. The number of fused-ring (bicyclic) bond motifs is 1. The minimum Gasteiger partial charge on any atom is -0.476 e. The first-order chi connectivity index (χ1) is 13.0. The average Bonchev–Trinajstić information content (AvgIpc) is 3.05. The van der Waals surface area contributed by atoms with Crippen molar-refractivity contribution in [1.82, 2.24) is 0 Å². The lowest BCUT2D eigenvalue weighted by Gasteiger charge is -2.11. The number of benzene rings is 2. The quantitative estimate of drug-likeness (QED) is 0.553. The maximum atomic E-state index is 11.5.